The van der Waals surface area contributed by atoms with Crippen LogP contribution in [0.1, 0.15) is 15.9 Å². The first-order valence-corrected chi connectivity index (χ1v) is 11.2. The summed E-state index contributed by atoms with van der Waals surface area (Å²) in [6.45, 7) is -0.0119. The molecule has 10 heteroatoms. The van der Waals surface area contributed by atoms with E-state index in [2.05, 4.69) is 30.9 Å². The molecule has 36 heavy (non-hydrogen) atoms. The van der Waals surface area contributed by atoms with Crippen LogP contribution in [0.2, 0.25) is 0 Å². The molecule has 0 radical (unpaired) electrons. The summed E-state index contributed by atoms with van der Waals surface area (Å²) in [5, 5.41) is 17.7. The van der Waals surface area contributed by atoms with E-state index in [1.165, 1.54) is 0 Å². The first kappa shape index (κ1) is 24.5. The lowest BCUT2D eigenvalue weighted by Gasteiger charge is -2.14. The molecule has 0 aliphatic rings. The van der Waals surface area contributed by atoms with Crippen LogP contribution in [0.4, 0.5) is 17.3 Å². The minimum Gasteiger partial charge on any atom is -0.394 e. The van der Waals surface area contributed by atoms with Gasteiger partial charge in [0.1, 0.15) is 6.04 Å². The SMILES string of the molecule is N[C@@H](CO)C(=O)Nc1ccccc1NC(=O)c1ccc(CNc2nccc(-c3cccnc3)n2)cc1. The van der Waals surface area contributed by atoms with Crippen molar-refractivity contribution in [3.05, 3.63) is 96.4 Å². The quantitative estimate of drug-likeness (QED) is 0.243. The highest BCUT2D eigenvalue weighted by Crippen LogP contribution is 2.22. The Kier molecular flexibility index (Phi) is 7.91. The second-order valence-corrected chi connectivity index (χ2v) is 7.84. The summed E-state index contributed by atoms with van der Waals surface area (Å²) in [5.41, 5.74) is 9.40. The maximum atomic E-state index is 12.8. The molecule has 0 bridgehead atoms. The van der Waals surface area contributed by atoms with Crippen LogP contribution in [0.3, 0.4) is 0 Å². The Morgan fingerprint density at radius 2 is 1.67 bits per heavy atom. The molecular formula is C26H25N7O3. The third-order valence-electron chi connectivity index (χ3n) is 5.25. The van der Waals surface area contributed by atoms with Gasteiger partial charge in [0, 0.05) is 36.3 Å². The molecule has 4 rings (SSSR count). The largest absolute Gasteiger partial charge is 0.394 e. The van der Waals surface area contributed by atoms with Gasteiger partial charge in [-0.3, -0.25) is 14.6 Å². The monoisotopic (exact) mass is 483 g/mol. The second kappa shape index (κ2) is 11.6. The van der Waals surface area contributed by atoms with E-state index in [1.807, 2.05) is 30.3 Å². The summed E-state index contributed by atoms with van der Waals surface area (Å²) in [6.07, 6.45) is 5.13. The molecule has 1 atom stereocenters. The number of nitrogens with zero attached hydrogens (tertiary/aromatic N) is 3. The van der Waals surface area contributed by atoms with Crippen molar-refractivity contribution < 1.29 is 14.7 Å². The number of amides is 2. The number of pyridine rings is 1. The molecule has 2 amide bonds. The highest BCUT2D eigenvalue weighted by Gasteiger charge is 2.15. The molecule has 6 N–H and O–H groups in total. The lowest BCUT2D eigenvalue weighted by Crippen LogP contribution is -2.38. The predicted octanol–water partition coefficient (Wildman–Crippen LogP) is 2.66. The molecule has 0 saturated carbocycles. The zero-order valence-electron chi connectivity index (χ0n) is 19.3. The Hall–Kier alpha value is -4.67. The van der Waals surface area contributed by atoms with Gasteiger partial charge in [0.2, 0.25) is 11.9 Å². The molecule has 2 aromatic heterocycles. The fourth-order valence-electron chi connectivity index (χ4n) is 3.28. The standard InChI is InChI=1S/C26H25N7O3/c27-20(16-34)25(36)32-23-6-2-1-5-22(23)31-24(35)18-9-7-17(8-10-18)14-30-26-29-13-11-21(33-26)19-4-3-12-28-15-19/h1-13,15,20,34H,14,16,27H2,(H,31,35)(H,32,36)(H,29,30,33)/t20-/m0/s1. The Bertz CT molecular complexity index is 1330. The van der Waals surface area contributed by atoms with Crippen LogP contribution in [-0.4, -0.2) is 44.5 Å². The molecule has 10 nitrogen and oxygen atoms in total. The Labute approximate surface area is 207 Å². The minimum atomic E-state index is -1.06. The number of anilines is 3. The number of aliphatic hydroxyl groups excluding tert-OH is 1. The van der Waals surface area contributed by atoms with Crippen molar-refractivity contribution in [2.24, 2.45) is 5.73 Å². The number of carbonyl (C=O) groups excluding carboxylic acids is 2. The second-order valence-electron chi connectivity index (χ2n) is 7.84. The average Bonchev–Trinajstić information content (AvgIpc) is 2.93. The Balaban J connectivity index is 1.37. The van der Waals surface area contributed by atoms with E-state index in [1.54, 1.807) is 55.0 Å². The molecule has 182 valence electrons. The molecule has 0 aliphatic heterocycles. The molecular weight excluding hydrogens is 458 g/mol. The topological polar surface area (TPSA) is 155 Å². The number of carbonyl (C=O) groups is 2. The number of nitrogens with two attached hydrogens (primary N) is 1. The summed E-state index contributed by atoms with van der Waals surface area (Å²) in [5.74, 6) is -0.404. The molecule has 4 aromatic rings. The van der Waals surface area contributed by atoms with Crippen LogP contribution in [0.25, 0.3) is 11.3 Å². The van der Waals surface area contributed by atoms with E-state index < -0.39 is 18.6 Å². The lowest BCUT2D eigenvalue weighted by molar-refractivity contribution is -0.118. The van der Waals surface area contributed by atoms with Crippen molar-refractivity contribution in [2.75, 3.05) is 22.6 Å². The van der Waals surface area contributed by atoms with E-state index in [4.69, 9.17) is 10.8 Å². The van der Waals surface area contributed by atoms with Crippen LogP contribution in [-0.2, 0) is 11.3 Å². The van der Waals surface area contributed by atoms with Gasteiger partial charge in [-0.05, 0) is 48.0 Å². The first-order valence-electron chi connectivity index (χ1n) is 11.2. The number of rotatable bonds is 9. The summed E-state index contributed by atoms with van der Waals surface area (Å²) < 4.78 is 0. The van der Waals surface area contributed by atoms with E-state index >= 15 is 0 Å². The molecule has 0 saturated heterocycles. The van der Waals surface area contributed by atoms with Gasteiger partial charge < -0.3 is 26.8 Å². The van der Waals surface area contributed by atoms with Crippen molar-refractivity contribution in [3.63, 3.8) is 0 Å². The smallest absolute Gasteiger partial charge is 0.255 e. The molecule has 2 aromatic carbocycles. The summed E-state index contributed by atoms with van der Waals surface area (Å²) in [6, 6.07) is 18.4. The van der Waals surface area contributed by atoms with Crippen LogP contribution in [0.15, 0.2) is 85.3 Å². The highest BCUT2D eigenvalue weighted by molar-refractivity contribution is 6.07. The molecule has 0 spiro atoms. The van der Waals surface area contributed by atoms with Crippen LogP contribution in [0.5, 0.6) is 0 Å². The molecule has 0 fully saturated rings. The third kappa shape index (κ3) is 6.26. The number of para-hydroxylation sites is 2. The van der Waals surface area contributed by atoms with Gasteiger partial charge in [0.15, 0.2) is 0 Å². The van der Waals surface area contributed by atoms with Gasteiger partial charge in [-0.15, -0.1) is 0 Å². The van der Waals surface area contributed by atoms with Gasteiger partial charge in [-0.2, -0.15) is 0 Å². The van der Waals surface area contributed by atoms with Crippen molar-refractivity contribution in [1.29, 1.82) is 0 Å². The summed E-state index contributed by atoms with van der Waals surface area (Å²) in [4.78, 5) is 37.7. The van der Waals surface area contributed by atoms with Gasteiger partial charge in [-0.25, -0.2) is 9.97 Å². The van der Waals surface area contributed by atoms with E-state index in [9.17, 15) is 9.59 Å². The minimum absolute atomic E-state index is 0.338. The van der Waals surface area contributed by atoms with Crippen LogP contribution >= 0.6 is 0 Å². The summed E-state index contributed by atoms with van der Waals surface area (Å²) >= 11 is 0. The van der Waals surface area contributed by atoms with Crippen molar-refractivity contribution in [1.82, 2.24) is 15.0 Å². The first-order chi connectivity index (χ1) is 17.5. The number of aromatic nitrogens is 3. The highest BCUT2D eigenvalue weighted by atomic mass is 16.3. The van der Waals surface area contributed by atoms with Crippen molar-refractivity contribution in [3.8, 4) is 11.3 Å². The molecule has 0 aliphatic carbocycles. The molecule has 2 heterocycles. The van der Waals surface area contributed by atoms with E-state index in [0.717, 1.165) is 16.8 Å². The third-order valence-corrected chi connectivity index (χ3v) is 5.25. The van der Waals surface area contributed by atoms with E-state index in [-0.39, 0.29) is 5.91 Å². The Morgan fingerprint density at radius 3 is 2.36 bits per heavy atom. The zero-order chi connectivity index (χ0) is 25.3. The zero-order valence-corrected chi connectivity index (χ0v) is 19.3. The maximum absolute atomic E-state index is 12.8. The number of hydrogen-bond donors (Lipinski definition) is 5. The number of benzene rings is 2. The maximum Gasteiger partial charge on any atom is 0.255 e. The van der Waals surface area contributed by atoms with Crippen molar-refractivity contribution in [2.45, 2.75) is 12.6 Å². The van der Waals surface area contributed by atoms with Gasteiger partial charge in [0.05, 0.1) is 23.7 Å². The van der Waals surface area contributed by atoms with Crippen LogP contribution < -0.4 is 21.7 Å². The summed E-state index contributed by atoms with van der Waals surface area (Å²) in [7, 11) is 0. The van der Waals surface area contributed by atoms with Crippen LogP contribution in [0, 0.1) is 0 Å². The average molecular weight is 484 g/mol. The Morgan fingerprint density at radius 1 is 0.917 bits per heavy atom. The predicted molar refractivity (Wildman–Crippen MR) is 137 cm³/mol. The normalized spacial score (nSPS) is 11.4. The lowest BCUT2D eigenvalue weighted by atomic mass is 10.1. The van der Waals surface area contributed by atoms with Gasteiger partial charge in [0.25, 0.3) is 5.91 Å². The molecule has 0 unspecified atom stereocenters. The fourth-order valence-corrected chi connectivity index (χ4v) is 3.28. The number of nitrogens with one attached hydrogen (secondary N) is 3. The van der Waals surface area contributed by atoms with E-state index in [0.29, 0.717) is 29.4 Å². The number of aliphatic hydroxyl groups is 1. The fraction of sp³-hybridized carbons (Fsp3) is 0.115. The van der Waals surface area contributed by atoms with Gasteiger partial charge in [-0.1, -0.05) is 24.3 Å². The number of hydrogen-bond acceptors (Lipinski definition) is 8. The van der Waals surface area contributed by atoms with Gasteiger partial charge >= 0.3 is 0 Å². The van der Waals surface area contributed by atoms with Crippen molar-refractivity contribution >= 4 is 29.1 Å².